The number of ketones is 1. The largest absolute Gasteiger partial charge is 0.503 e. The van der Waals surface area contributed by atoms with E-state index in [1.54, 1.807) is 11.8 Å². The van der Waals surface area contributed by atoms with Crippen LogP contribution in [0, 0.1) is 0 Å². The Morgan fingerprint density at radius 3 is 2.27 bits per heavy atom. The zero-order chi connectivity index (χ0) is 19.4. The number of anilines is 1. The van der Waals surface area contributed by atoms with Gasteiger partial charge in [-0.1, -0.05) is 19.1 Å². The van der Waals surface area contributed by atoms with Gasteiger partial charge in [0.1, 0.15) is 0 Å². The molecule has 6 heteroatoms. The van der Waals surface area contributed by atoms with Gasteiger partial charge in [-0.15, -0.1) is 0 Å². The lowest BCUT2D eigenvalue weighted by Crippen LogP contribution is -2.33. The fourth-order valence-electron chi connectivity index (χ4n) is 3.22. The number of amides is 1. The Hall–Kier alpha value is -2.34. The predicted molar refractivity (Wildman–Crippen MR) is 103 cm³/mol. The molecular formula is C20H29N3O3. The Morgan fingerprint density at radius 2 is 1.77 bits per heavy atom. The number of aliphatic hydroxyl groups excluding tert-OH is 1. The van der Waals surface area contributed by atoms with E-state index in [0.717, 1.165) is 24.2 Å². The van der Waals surface area contributed by atoms with Crippen LogP contribution in [0.4, 0.5) is 5.69 Å². The van der Waals surface area contributed by atoms with Gasteiger partial charge in [0, 0.05) is 32.7 Å². The number of carbonyl (C=O) groups excluding carboxylic acids is 2. The second-order valence-corrected chi connectivity index (χ2v) is 7.08. The summed E-state index contributed by atoms with van der Waals surface area (Å²) in [5.41, 5.74) is 2.10. The van der Waals surface area contributed by atoms with Crippen molar-refractivity contribution >= 4 is 17.4 Å². The van der Waals surface area contributed by atoms with Gasteiger partial charge in [0.15, 0.2) is 11.5 Å². The van der Waals surface area contributed by atoms with Gasteiger partial charge in [0.25, 0.3) is 5.91 Å². The molecule has 0 spiro atoms. The van der Waals surface area contributed by atoms with Crippen molar-refractivity contribution < 1.29 is 14.7 Å². The second kappa shape index (κ2) is 8.36. The number of hydrogen-bond donors (Lipinski definition) is 1. The highest BCUT2D eigenvalue weighted by molar-refractivity contribution is 6.08. The van der Waals surface area contributed by atoms with Crippen LogP contribution in [-0.4, -0.2) is 67.9 Å². The van der Waals surface area contributed by atoms with Crippen molar-refractivity contribution in [2.75, 3.05) is 46.2 Å². The van der Waals surface area contributed by atoms with Gasteiger partial charge >= 0.3 is 0 Å². The van der Waals surface area contributed by atoms with Crippen LogP contribution < -0.4 is 4.90 Å². The van der Waals surface area contributed by atoms with Crippen LogP contribution in [0.15, 0.2) is 35.6 Å². The Labute approximate surface area is 155 Å². The summed E-state index contributed by atoms with van der Waals surface area (Å²) in [4.78, 5) is 30.7. The average molecular weight is 359 g/mol. The molecule has 0 radical (unpaired) electrons. The van der Waals surface area contributed by atoms with E-state index in [2.05, 4.69) is 0 Å². The zero-order valence-corrected chi connectivity index (χ0v) is 16.3. The van der Waals surface area contributed by atoms with E-state index in [0.29, 0.717) is 6.54 Å². The molecule has 0 fully saturated rings. The summed E-state index contributed by atoms with van der Waals surface area (Å²) < 4.78 is 0. The Bertz CT molecular complexity index is 693. The maximum Gasteiger partial charge on any atom is 0.290 e. The molecule has 1 aliphatic heterocycles. The minimum atomic E-state index is -0.520. The second-order valence-electron chi connectivity index (χ2n) is 7.08. The molecule has 1 aromatic carbocycles. The monoisotopic (exact) mass is 359 g/mol. The third-order valence-electron chi connectivity index (χ3n) is 4.65. The number of Topliss-reactive ketones (excluding diaryl/α,β-unsaturated/α-hetero) is 1. The summed E-state index contributed by atoms with van der Waals surface area (Å²) >= 11 is 0. The van der Waals surface area contributed by atoms with E-state index < -0.39 is 17.7 Å². The first-order chi connectivity index (χ1) is 12.3. The number of aliphatic hydroxyl groups is 1. The highest BCUT2D eigenvalue weighted by Gasteiger charge is 2.42. The maximum atomic E-state index is 12.6. The van der Waals surface area contributed by atoms with Gasteiger partial charge < -0.3 is 19.8 Å². The number of rotatable bonds is 8. The van der Waals surface area contributed by atoms with Crippen molar-refractivity contribution in [2.45, 2.75) is 25.8 Å². The molecule has 0 bridgehead atoms. The van der Waals surface area contributed by atoms with Gasteiger partial charge in [-0.25, -0.2) is 0 Å². The molecule has 1 heterocycles. The molecule has 0 saturated carbocycles. The normalized spacial score (nSPS) is 17.4. The molecule has 0 aliphatic carbocycles. The standard InChI is InChI=1S/C20H29N3O3/c1-6-16(24)17-18(14-8-10-15(11-9-14)22(4)5)23(20(26)19(17)25)13-7-12-21(2)3/h8-11,18,25H,6-7,12-13H2,1-5H3. The lowest BCUT2D eigenvalue weighted by Gasteiger charge is -2.27. The first kappa shape index (κ1) is 20.0. The fourth-order valence-corrected chi connectivity index (χ4v) is 3.22. The van der Waals surface area contributed by atoms with Crippen LogP contribution in [-0.2, 0) is 9.59 Å². The molecule has 1 aliphatic rings. The minimum Gasteiger partial charge on any atom is -0.503 e. The molecule has 1 N–H and O–H groups in total. The van der Waals surface area contributed by atoms with Crippen LogP contribution in [0.1, 0.15) is 31.4 Å². The molecule has 1 amide bonds. The Morgan fingerprint density at radius 1 is 1.15 bits per heavy atom. The van der Waals surface area contributed by atoms with Gasteiger partial charge in [0.05, 0.1) is 11.6 Å². The molecule has 1 aromatic rings. The van der Waals surface area contributed by atoms with Crippen molar-refractivity contribution in [3.05, 3.63) is 41.2 Å². The van der Waals surface area contributed by atoms with Crippen LogP contribution in [0.3, 0.4) is 0 Å². The van der Waals surface area contributed by atoms with Crippen molar-refractivity contribution in [3.63, 3.8) is 0 Å². The van der Waals surface area contributed by atoms with Crippen molar-refractivity contribution in [3.8, 4) is 0 Å². The summed E-state index contributed by atoms with van der Waals surface area (Å²) in [6.07, 6.45) is 1.02. The van der Waals surface area contributed by atoms with E-state index in [4.69, 9.17) is 0 Å². The van der Waals surface area contributed by atoms with E-state index in [1.807, 2.05) is 62.3 Å². The molecule has 6 nitrogen and oxygen atoms in total. The van der Waals surface area contributed by atoms with Gasteiger partial charge in [0.2, 0.25) is 0 Å². The highest BCUT2D eigenvalue weighted by Crippen LogP contribution is 2.38. The van der Waals surface area contributed by atoms with Gasteiger partial charge in [-0.3, -0.25) is 9.59 Å². The van der Waals surface area contributed by atoms with Gasteiger partial charge in [-0.05, 0) is 44.8 Å². The zero-order valence-electron chi connectivity index (χ0n) is 16.3. The van der Waals surface area contributed by atoms with Crippen LogP contribution in [0.5, 0.6) is 0 Å². The average Bonchev–Trinajstić information content (AvgIpc) is 2.85. The molecule has 1 unspecified atom stereocenters. The van der Waals surface area contributed by atoms with E-state index in [9.17, 15) is 14.7 Å². The lowest BCUT2D eigenvalue weighted by molar-refractivity contribution is -0.129. The van der Waals surface area contributed by atoms with Crippen LogP contribution in [0.25, 0.3) is 0 Å². The summed E-state index contributed by atoms with van der Waals surface area (Å²) in [6.45, 7) is 3.06. The van der Waals surface area contributed by atoms with Crippen molar-refractivity contribution in [1.29, 1.82) is 0 Å². The van der Waals surface area contributed by atoms with Gasteiger partial charge in [-0.2, -0.15) is 0 Å². The molecule has 26 heavy (non-hydrogen) atoms. The van der Waals surface area contributed by atoms with Crippen molar-refractivity contribution in [2.24, 2.45) is 0 Å². The topological polar surface area (TPSA) is 64.1 Å². The SMILES string of the molecule is CCC(=O)C1=C(O)C(=O)N(CCCN(C)C)C1c1ccc(N(C)C)cc1. The smallest absolute Gasteiger partial charge is 0.290 e. The van der Waals surface area contributed by atoms with E-state index in [1.165, 1.54) is 0 Å². The molecule has 2 rings (SSSR count). The summed E-state index contributed by atoms with van der Waals surface area (Å²) in [5.74, 6) is -1.04. The third-order valence-corrected chi connectivity index (χ3v) is 4.65. The van der Waals surface area contributed by atoms with E-state index in [-0.39, 0.29) is 17.8 Å². The molecule has 142 valence electrons. The first-order valence-electron chi connectivity index (χ1n) is 8.97. The predicted octanol–water partition coefficient (Wildman–Crippen LogP) is 2.38. The van der Waals surface area contributed by atoms with Crippen LogP contribution in [0.2, 0.25) is 0 Å². The highest BCUT2D eigenvalue weighted by atomic mass is 16.3. The third kappa shape index (κ3) is 4.07. The summed E-state index contributed by atoms with van der Waals surface area (Å²) in [5, 5.41) is 10.4. The lowest BCUT2D eigenvalue weighted by atomic mass is 9.95. The number of nitrogens with zero attached hydrogens (tertiary/aromatic N) is 3. The van der Waals surface area contributed by atoms with Crippen LogP contribution >= 0.6 is 0 Å². The number of carbonyl (C=O) groups is 2. The Balaban J connectivity index is 2.38. The maximum absolute atomic E-state index is 12.6. The number of hydrogen-bond acceptors (Lipinski definition) is 5. The van der Waals surface area contributed by atoms with E-state index >= 15 is 0 Å². The minimum absolute atomic E-state index is 0.187. The summed E-state index contributed by atoms with van der Waals surface area (Å²) in [7, 11) is 7.87. The molecule has 1 atom stereocenters. The fraction of sp³-hybridized carbons (Fsp3) is 0.500. The molecular weight excluding hydrogens is 330 g/mol. The first-order valence-corrected chi connectivity index (χ1v) is 8.97. The quantitative estimate of drug-likeness (QED) is 0.772. The Kier molecular flexibility index (Phi) is 6.42. The van der Waals surface area contributed by atoms with Crippen molar-refractivity contribution in [1.82, 2.24) is 9.80 Å². The molecule has 0 aromatic heterocycles. The summed E-state index contributed by atoms with van der Waals surface area (Å²) in [6, 6.07) is 7.25. The number of benzene rings is 1. The molecule has 0 saturated heterocycles.